The maximum absolute atomic E-state index is 14.4. The first kappa shape index (κ1) is 23.9. The zero-order valence-corrected chi connectivity index (χ0v) is 19.4. The van der Waals surface area contributed by atoms with Crippen molar-refractivity contribution >= 4 is 23.4 Å². The van der Waals surface area contributed by atoms with Gasteiger partial charge in [0.15, 0.2) is 0 Å². The van der Waals surface area contributed by atoms with Crippen LogP contribution in [0.1, 0.15) is 40.2 Å². The van der Waals surface area contributed by atoms with E-state index in [4.69, 9.17) is 17.3 Å². The summed E-state index contributed by atoms with van der Waals surface area (Å²) in [6.07, 6.45) is -3.99. The second-order valence-corrected chi connectivity index (χ2v) is 8.97. The molecule has 0 atom stereocenters. The number of nitrogens with zero attached hydrogens (tertiary/aromatic N) is 2. The van der Waals surface area contributed by atoms with E-state index in [-0.39, 0.29) is 23.4 Å². The van der Waals surface area contributed by atoms with Crippen LogP contribution < -0.4 is 5.73 Å². The molecule has 0 spiro atoms. The Hall–Kier alpha value is -3.26. The summed E-state index contributed by atoms with van der Waals surface area (Å²) in [6, 6.07) is 14.9. The summed E-state index contributed by atoms with van der Waals surface area (Å²) >= 11 is 6.00. The van der Waals surface area contributed by atoms with Crippen molar-refractivity contribution in [1.29, 1.82) is 0 Å². The molecule has 0 radical (unpaired) electrons. The van der Waals surface area contributed by atoms with Gasteiger partial charge in [0, 0.05) is 24.2 Å². The number of carbonyl (C=O) groups is 2. The molecule has 2 N–H and O–H groups in total. The Morgan fingerprint density at radius 1 is 1.09 bits per heavy atom. The Morgan fingerprint density at radius 2 is 1.68 bits per heavy atom. The highest BCUT2D eigenvalue weighted by molar-refractivity contribution is 6.30. The van der Waals surface area contributed by atoms with Crippen LogP contribution in [0, 0.1) is 6.92 Å². The predicted molar refractivity (Wildman–Crippen MR) is 123 cm³/mol. The van der Waals surface area contributed by atoms with Crippen molar-refractivity contribution in [2.24, 2.45) is 5.73 Å². The Balaban J connectivity index is 2.00. The summed E-state index contributed by atoms with van der Waals surface area (Å²) in [7, 11) is 1.41. The predicted octanol–water partition coefficient (Wildman–Crippen LogP) is 5.27. The minimum atomic E-state index is -4.72. The van der Waals surface area contributed by atoms with Gasteiger partial charge in [-0.2, -0.15) is 13.2 Å². The van der Waals surface area contributed by atoms with Gasteiger partial charge in [0.05, 0.1) is 0 Å². The highest BCUT2D eigenvalue weighted by atomic mass is 35.5. The lowest BCUT2D eigenvalue weighted by Gasteiger charge is -2.27. The molecular weight excluding hydrogens is 467 g/mol. The van der Waals surface area contributed by atoms with Gasteiger partial charge >= 0.3 is 6.18 Å². The van der Waals surface area contributed by atoms with E-state index >= 15 is 0 Å². The summed E-state index contributed by atoms with van der Waals surface area (Å²) in [5, 5.41) is 0.414. The number of likely N-dealkylation sites (N-methyl/N-ethyl adjacent to an activating group) is 1. The molecule has 0 bridgehead atoms. The van der Waals surface area contributed by atoms with Crippen LogP contribution in [0.25, 0.3) is 11.1 Å². The standard InChI is InChI=1S/C25H23ClF3N3O2/c1-15-19(17-8-10-18(26)11-9-17)20(22(33)31(2)24(12-13-24)23(30)34)32(21(15)25(27,28)29)14-16-6-4-3-5-7-16/h3-11H,12-14H2,1-2H3,(H2,30,34). The van der Waals surface area contributed by atoms with E-state index in [1.54, 1.807) is 54.6 Å². The molecule has 34 heavy (non-hydrogen) atoms. The number of hydrogen-bond donors (Lipinski definition) is 1. The lowest BCUT2D eigenvalue weighted by Crippen LogP contribution is -2.48. The van der Waals surface area contributed by atoms with Crippen LogP contribution in [0.4, 0.5) is 13.2 Å². The van der Waals surface area contributed by atoms with E-state index in [9.17, 15) is 22.8 Å². The molecule has 178 valence electrons. The maximum atomic E-state index is 14.4. The van der Waals surface area contributed by atoms with Crippen LogP contribution >= 0.6 is 11.6 Å². The summed E-state index contributed by atoms with van der Waals surface area (Å²) in [6.45, 7) is 1.18. The second-order valence-electron chi connectivity index (χ2n) is 8.53. The van der Waals surface area contributed by atoms with Gasteiger partial charge < -0.3 is 15.2 Å². The molecule has 9 heteroatoms. The Morgan fingerprint density at radius 3 is 2.18 bits per heavy atom. The third-order valence-electron chi connectivity index (χ3n) is 6.42. The number of primary amides is 1. The highest BCUT2D eigenvalue weighted by Crippen LogP contribution is 2.45. The number of hydrogen-bond acceptors (Lipinski definition) is 2. The van der Waals surface area contributed by atoms with Crippen LogP contribution in [-0.4, -0.2) is 33.9 Å². The molecular formula is C25H23ClF3N3O2. The largest absolute Gasteiger partial charge is 0.431 e. The molecule has 1 aliphatic carbocycles. The smallest absolute Gasteiger partial charge is 0.368 e. The Bertz CT molecular complexity index is 1250. The normalized spacial score (nSPS) is 14.6. The van der Waals surface area contributed by atoms with Crippen LogP contribution in [0.15, 0.2) is 54.6 Å². The van der Waals surface area contributed by atoms with Crippen molar-refractivity contribution in [3.05, 3.63) is 82.1 Å². The van der Waals surface area contributed by atoms with Crippen molar-refractivity contribution in [1.82, 2.24) is 9.47 Å². The van der Waals surface area contributed by atoms with E-state index in [1.807, 2.05) is 0 Å². The number of amides is 2. The lowest BCUT2D eigenvalue weighted by molar-refractivity contribution is -0.143. The van der Waals surface area contributed by atoms with Gasteiger partial charge in [-0.25, -0.2) is 0 Å². The fourth-order valence-electron chi connectivity index (χ4n) is 4.45. The fraction of sp³-hybridized carbons (Fsp3) is 0.280. The van der Waals surface area contributed by atoms with Crippen molar-refractivity contribution < 1.29 is 22.8 Å². The average molecular weight is 490 g/mol. The van der Waals surface area contributed by atoms with Crippen molar-refractivity contribution in [3.63, 3.8) is 0 Å². The van der Waals surface area contributed by atoms with E-state index in [2.05, 4.69) is 0 Å². The Labute approximate surface area is 199 Å². The summed E-state index contributed by atoms with van der Waals surface area (Å²) in [5.41, 5.74) is 4.38. The summed E-state index contributed by atoms with van der Waals surface area (Å²) in [4.78, 5) is 27.1. The molecule has 1 aliphatic rings. The van der Waals surface area contributed by atoms with Gasteiger partial charge in [0.2, 0.25) is 5.91 Å². The number of aromatic nitrogens is 1. The number of benzene rings is 2. The van der Waals surface area contributed by atoms with Gasteiger partial charge in [-0.15, -0.1) is 0 Å². The number of carbonyl (C=O) groups excluding carboxylic acids is 2. The molecule has 1 fully saturated rings. The minimum absolute atomic E-state index is 0.0774. The minimum Gasteiger partial charge on any atom is -0.368 e. The first-order chi connectivity index (χ1) is 16.0. The topological polar surface area (TPSA) is 68.3 Å². The van der Waals surface area contributed by atoms with E-state index in [1.165, 1.54) is 18.9 Å². The molecule has 2 aromatic carbocycles. The molecule has 0 unspecified atom stereocenters. The average Bonchev–Trinajstić information content (AvgIpc) is 3.54. The molecule has 2 amide bonds. The van der Waals surface area contributed by atoms with E-state index < -0.39 is 29.2 Å². The van der Waals surface area contributed by atoms with E-state index in [0.717, 1.165) is 4.57 Å². The lowest BCUT2D eigenvalue weighted by atomic mass is 10.00. The molecule has 3 aromatic rings. The number of nitrogens with two attached hydrogens (primary N) is 1. The van der Waals surface area contributed by atoms with Gasteiger partial charge in [0.25, 0.3) is 5.91 Å². The van der Waals surface area contributed by atoms with Gasteiger partial charge in [-0.3, -0.25) is 9.59 Å². The molecule has 4 rings (SSSR count). The first-order valence-corrected chi connectivity index (χ1v) is 11.0. The molecule has 1 aromatic heterocycles. The SMILES string of the molecule is Cc1c(-c2ccc(Cl)cc2)c(C(=O)N(C)C2(C(N)=O)CC2)n(Cc2ccccc2)c1C(F)(F)F. The molecule has 0 aliphatic heterocycles. The van der Waals surface area contributed by atoms with Gasteiger partial charge in [0.1, 0.15) is 16.9 Å². The van der Waals surface area contributed by atoms with Crippen molar-refractivity contribution in [2.75, 3.05) is 7.05 Å². The number of rotatable bonds is 6. The zero-order chi connectivity index (χ0) is 24.8. The maximum Gasteiger partial charge on any atom is 0.431 e. The van der Waals surface area contributed by atoms with Crippen LogP contribution in [-0.2, 0) is 17.5 Å². The first-order valence-electron chi connectivity index (χ1n) is 10.7. The number of halogens is 4. The quantitative estimate of drug-likeness (QED) is 0.512. The third-order valence-corrected chi connectivity index (χ3v) is 6.68. The van der Waals surface area contributed by atoms with E-state index in [0.29, 0.717) is 29.0 Å². The second kappa shape index (κ2) is 8.51. The van der Waals surface area contributed by atoms with Gasteiger partial charge in [-0.1, -0.05) is 54.1 Å². The molecule has 1 saturated carbocycles. The third kappa shape index (κ3) is 4.07. The van der Waals surface area contributed by atoms with Gasteiger partial charge in [-0.05, 0) is 48.6 Å². The van der Waals surface area contributed by atoms with Crippen molar-refractivity contribution in [2.45, 2.75) is 38.0 Å². The molecule has 0 saturated heterocycles. The number of alkyl halides is 3. The van der Waals surface area contributed by atoms with Crippen LogP contribution in [0.2, 0.25) is 5.02 Å². The zero-order valence-electron chi connectivity index (χ0n) is 18.6. The van der Waals surface area contributed by atoms with Crippen LogP contribution in [0.3, 0.4) is 0 Å². The monoisotopic (exact) mass is 489 g/mol. The highest BCUT2D eigenvalue weighted by Gasteiger charge is 2.55. The summed E-state index contributed by atoms with van der Waals surface area (Å²) < 4.78 is 44.2. The molecule has 1 heterocycles. The van der Waals surface area contributed by atoms with Crippen molar-refractivity contribution in [3.8, 4) is 11.1 Å². The summed E-state index contributed by atoms with van der Waals surface area (Å²) in [5.74, 6) is -1.37. The molecule has 5 nitrogen and oxygen atoms in total. The van der Waals surface area contributed by atoms with Crippen LogP contribution in [0.5, 0.6) is 0 Å². The Kier molecular flexibility index (Phi) is 5.97. The fourth-order valence-corrected chi connectivity index (χ4v) is 4.57.